The fraction of sp³-hybridized carbons (Fsp3) is 0.579. The number of aromatic nitrogens is 2. The van der Waals surface area contributed by atoms with Gasteiger partial charge in [-0.15, -0.1) is 0 Å². The van der Waals surface area contributed by atoms with E-state index in [0.717, 1.165) is 48.5 Å². The molecule has 0 bridgehead atoms. The highest BCUT2D eigenvalue weighted by atomic mass is 16.3. The molecule has 1 saturated heterocycles. The molecular formula is C19H27N3O2. The van der Waals surface area contributed by atoms with Gasteiger partial charge in [-0.1, -0.05) is 12.8 Å². The van der Waals surface area contributed by atoms with Crippen LogP contribution < -0.4 is 0 Å². The van der Waals surface area contributed by atoms with Crippen molar-refractivity contribution in [2.45, 2.75) is 58.4 Å². The smallest absolute Gasteiger partial charge is 0.230 e. The van der Waals surface area contributed by atoms with Gasteiger partial charge in [-0.2, -0.15) is 5.10 Å². The zero-order valence-corrected chi connectivity index (χ0v) is 15.1. The third kappa shape index (κ3) is 2.99. The molecule has 0 spiro atoms. The van der Waals surface area contributed by atoms with E-state index >= 15 is 0 Å². The molecule has 1 amide bonds. The highest BCUT2D eigenvalue weighted by Gasteiger charge is 2.33. The molecule has 1 aliphatic rings. The number of aryl methyl sites for hydroxylation is 2. The summed E-state index contributed by atoms with van der Waals surface area (Å²) in [4.78, 5) is 15.3. The summed E-state index contributed by atoms with van der Waals surface area (Å²) in [5.41, 5.74) is 3.07. The molecule has 0 radical (unpaired) electrons. The molecule has 5 nitrogen and oxygen atoms in total. The van der Waals surface area contributed by atoms with Gasteiger partial charge < -0.3 is 9.32 Å². The molecule has 2 aromatic heterocycles. The summed E-state index contributed by atoms with van der Waals surface area (Å²) in [6, 6.07) is 3.94. The maximum atomic E-state index is 13.3. The molecule has 24 heavy (non-hydrogen) atoms. The number of hydrogen-bond donors (Lipinski definition) is 0. The van der Waals surface area contributed by atoms with Crippen LogP contribution in [0.4, 0.5) is 0 Å². The first-order valence-corrected chi connectivity index (χ1v) is 8.84. The highest BCUT2D eigenvalue weighted by Crippen LogP contribution is 2.34. The largest absolute Gasteiger partial charge is 0.467 e. The van der Waals surface area contributed by atoms with Gasteiger partial charge in [-0.25, -0.2) is 0 Å². The van der Waals surface area contributed by atoms with Gasteiger partial charge in [0.15, 0.2) is 0 Å². The summed E-state index contributed by atoms with van der Waals surface area (Å²) in [5, 5.41) is 4.47. The minimum atomic E-state index is -0.186. The summed E-state index contributed by atoms with van der Waals surface area (Å²) < 4.78 is 7.50. The quantitative estimate of drug-likeness (QED) is 0.859. The zero-order valence-electron chi connectivity index (χ0n) is 15.1. The van der Waals surface area contributed by atoms with Crippen molar-refractivity contribution in [1.29, 1.82) is 0 Å². The molecule has 0 saturated carbocycles. The van der Waals surface area contributed by atoms with Crippen molar-refractivity contribution < 1.29 is 9.21 Å². The Labute approximate surface area is 143 Å². The Morgan fingerprint density at radius 1 is 1.33 bits per heavy atom. The van der Waals surface area contributed by atoms with Crippen LogP contribution in [0.5, 0.6) is 0 Å². The Bertz CT molecular complexity index is 703. The van der Waals surface area contributed by atoms with Gasteiger partial charge in [-0.05, 0) is 45.7 Å². The topological polar surface area (TPSA) is 51.3 Å². The predicted molar refractivity (Wildman–Crippen MR) is 92.7 cm³/mol. The van der Waals surface area contributed by atoms with Crippen LogP contribution in [0.1, 0.15) is 67.3 Å². The third-order valence-electron chi connectivity index (χ3n) is 5.28. The lowest BCUT2D eigenvalue weighted by Crippen LogP contribution is -2.37. The Morgan fingerprint density at radius 2 is 2.12 bits per heavy atom. The lowest BCUT2D eigenvalue weighted by molar-refractivity contribution is -0.135. The SMILES string of the molecule is Cc1nn(C)c(C)c1C(C)C(=O)N1CCCCCC1c1ccco1. The van der Waals surface area contributed by atoms with Crippen molar-refractivity contribution in [3.05, 3.63) is 41.1 Å². The van der Waals surface area contributed by atoms with Gasteiger partial charge in [0, 0.05) is 24.8 Å². The molecule has 0 aromatic carbocycles. The van der Waals surface area contributed by atoms with Gasteiger partial charge in [0.05, 0.1) is 23.9 Å². The molecule has 3 rings (SSSR count). The van der Waals surface area contributed by atoms with Gasteiger partial charge in [-0.3, -0.25) is 9.48 Å². The normalized spacial score (nSPS) is 20.0. The van der Waals surface area contributed by atoms with Crippen molar-refractivity contribution in [2.75, 3.05) is 6.54 Å². The minimum absolute atomic E-state index is 0.0507. The number of likely N-dealkylation sites (tertiary alicyclic amines) is 1. The Hall–Kier alpha value is -2.04. The van der Waals surface area contributed by atoms with Gasteiger partial charge in [0.25, 0.3) is 0 Å². The number of carbonyl (C=O) groups excluding carboxylic acids is 1. The van der Waals surface area contributed by atoms with Crippen molar-refractivity contribution in [2.24, 2.45) is 7.05 Å². The van der Waals surface area contributed by atoms with E-state index in [4.69, 9.17) is 4.42 Å². The summed E-state index contributed by atoms with van der Waals surface area (Å²) in [6.07, 6.45) is 6.02. The van der Waals surface area contributed by atoms with Crippen molar-refractivity contribution in [1.82, 2.24) is 14.7 Å². The van der Waals surface area contributed by atoms with E-state index in [1.54, 1.807) is 6.26 Å². The molecule has 130 valence electrons. The van der Waals surface area contributed by atoms with Gasteiger partial charge >= 0.3 is 0 Å². The predicted octanol–water partition coefficient (Wildman–Crippen LogP) is 3.88. The summed E-state index contributed by atoms with van der Waals surface area (Å²) in [7, 11) is 1.93. The van der Waals surface area contributed by atoms with Crippen LogP contribution in [-0.2, 0) is 11.8 Å². The van der Waals surface area contributed by atoms with Gasteiger partial charge in [0.2, 0.25) is 5.91 Å². The van der Waals surface area contributed by atoms with E-state index in [-0.39, 0.29) is 17.9 Å². The van der Waals surface area contributed by atoms with Crippen LogP contribution in [0.25, 0.3) is 0 Å². The fourth-order valence-electron chi connectivity index (χ4n) is 3.94. The molecule has 1 aliphatic heterocycles. The first-order chi connectivity index (χ1) is 11.5. The van der Waals surface area contributed by atoms with E-state index in [2.05, 4.69) is 5.10 Å². The van der Waals surface area contributed by atoms with Crippen molar-refractivity contribution in [3.63, 3.8) is 0 Å². The minimum Gasteiger partial charge on any atom is -0.467 e. The van der Waals surface area contributed by atoms with E-state index in [1.165, 1.54) is 6.42 Å². The molecule has 0 N–H and O–H groups in total. The number of hydrogen-bond acceptors (Lipinski definition) is 3. The molecule has 1 fully saturated rings. The number of furan rings is 1. The van der Waals surface area contributed by atoms with E-state index in [9.17, 15) is 4.79 Å². The number of carbonyl (C=O) groups is 1. The Kier molecular flexibility index (Phi) is 4.78. The Morgan fingerprint density at radius 3 is 2.75 bits per heavy atom. The molecule has 0 aliphatic carbocycles. The number of nitrogens with zero attached hydrogens (tertiary/aromatic N) is 3. The monoisotopic (exact) mass is 329 g/mol. The van der Waals surface area contributed by atoms with Crippen LogP contribution in [0, 0.1) is 13.8 Å². The highest BCUT2D eigenvalue weighted by molar-refractivity contribution is 5.84. The van der Waals surface area contributed by atoms with Crippen LogP contribution in [0.15, 0.2) is 22.8 Å². The standard InChI is InChI=1S/C19H27N3O2/c1-13(18-14(2)20-21(4)15(18)3)19(23)22-11-7-5-6-9-16(22)17-10-8-12-24-17/h8,10,12-13,16H,5-7,9,11H2,1-4H3. The van der Waals surface area contributed by atoms with E-state index in [1.807, 2.05) is 49.5 Å². The second-order valence-electron chi connectivity index (χ2n) is 6.84. The molecule has 2 atom stereocenters. The van der Waals surface area contributed by atoms with E-state index < -0.39 is 0 Å². The molecule has 2 aromatic rings. The van der Waals surface area contributed by atoms with Crippen LogP contribution in [0.3, 0.4) is 0 Å². The summed E-state index contributed by atoms with van der Waals surface area (Å²) >= 11 is 0. The van der Waals surface area contributed by atoms with E-state index in [0.29, 0.717) is 0 Å². The fourth-order valence-corrected chi connectivity index (χ4v) is 3.94. The van der Waals surface area contributed by atoms with Crippen molar-refractivity contribution >= 4 is 5.91 Å². The first-order valence-electron chi connectivity index (χ1n) is 8.84. The second kappa shape index (κ2) is 6.83. The average molecular weight is 329 g/mol. The number of rotatable bonds is 3. The maximum absolute atomic E-state index is 13.3. The zero-order chi connectivity index (χ0) is 17.3. The summed E-state index contributed by atoms with van der Waals surface area (Å²) in [6.45, 7) is 6.82. The lowest BCUT2D eigenvalue weighted by atomic mass is 9.96. The second-order valence-corrected chi connectivity index (χ2v) is 6.84. The van der Waals surface area contributed by atoms with Crippen LogP contribution in [0.2, 0.25) is 0 Å². The average Bonchev–Trinajstić information content (AvgIpc) is 3.08. The summed E-state index contributed by atoms with van der Waals surface area (Å²) in [5.74, 6) is 0.892. The maximum Gasteiger partial charge on any atom is 0.230 e. The van der Waals surface area contributed by atoms with Crippen molar-refractivity contribution in [3.8, 4) is 0 Å². The molecular weight excluding hydrogens is 302 g/mol. The van der Waals surface area contributed by atoms with Gasteiger partial charge in [0.1, 0.15) is 5.76 Å². The first kappa shape index (κ1) is 16.8. The molecule has 3 heterocycles. The molecule has 2 unspecified atom stereocenters. The molecule has 5 heteroatoms. The number of amides is 1. The Balaban J connectivity index is 1.90. The third-order valence-corrected chi connectivity index (χ3v) is 5.28. The lowest BCUT2D eigenvalue weighted by Gasteiger charge is -2.31. The van der Waals surface area contributed by atoms with Crippen LogP contribution >= 0.6 is 0 Å². The van der Waals surface area contributed by atoms with Crippen LogP contribution in [-0.4, -0.2) is 27.1 Å².